The Labute approximate surface area is 139 Å². The molecule has 1 amide bonds. The number of aromatic nitrogens is 1. The monoisotopic (exact) mass is 328 g/mol. The molecule has 0 unspecified atom stereocenters. The second kappa shape index (κ2) is 6.43. The minimum atomic E-state index is -0.955. The molecular formula is C19H18F2N2O. The normalized spacial score (nSPS) is 11.0. The molecule has 0 aliphatic heterocycles. The Morgan fingerprint density at radius 3 is 2.58 bits per heavy atom. The van der Waals surface area contributed by atoms with Crippen LogP contribution in [-0.2, 0) is 18.3 Å². The zero-order valence-electron chi connectivity index (χ0n) is 13.6. The Hall–Kier alpha value is -2.69. The molecule has 0 radical (unpaired) electrons. The number of rotatable bonds is 4. The molecule has 5 heteroatoms. The summed E-state index contributed by atoms with van der Waals surface area (Å²) >= 11 is 0. The molecule has 24 heavy (non-hydrogen) atoms. The number of carbonyl (C=O) groups excluding carboxylic acids is 1. The van der Waals surface area contributed by atoms with Crippen molar-refractivity contribution in [2.24, 2.45) is 7.05 Å². The number of nitrogens with zero attached hydrogens (tertiary/aromatic N) is 2. The average Bonchev–Trinajstić information content (AvgIpc) is 2.88. The third kappa shape index (κ3) is 2.89. The molecule has 0 spiro atoms. The zero-order chi connectivity index (χ0) is 17.3. The van der Waals surface area contributed by atoms with Crippen molar-refractivity contribution >= 4 is 22.5 Å². The van der Waals surface area contributed by atoms with Gasteiger partial charge in [-0.2, -0.15) is 0 Å². The smallest absolute Gasteiger partial charge is 0.231 e. The maximum absolute atomic E-state index is 13.5. The topological polar surface area (TPSA) is 25.2 Å². The number of hydrogen-bond donors (Lipinski definition) is 0. The minimum Gasteiger partial charge on any atom is -0.350 e. The second-order valence-electron chi connectivity index (χ2n) is 5.70. The van der Waals surface area contributed by atoms with Gasteiger partial charge in [0.25, 0.3) is 0 Å². The quantitative estimate of drug-likeness (QED) is 0.709. The van der Waals surface area contributed by atoms with Crippen LogP contribution in [0.2, 0.25) is 0 Å². The second-order valence-corrected chi connectivity index (χ2v) is 5.70. The first-order valence-electron chi connectivity index (χ1n) is 7.79. The van der Waals surface area contributed by atoms with Gasteiger partial charge in [0.05, 0.1) is 6.42 Å². The highest BCUT2D eigenvalue weighted by Crippen LogP contribution is 2.23. The van der Waals surface area contributed by atoms with Gasteiger partial charge in [0.2, 0.25) is 5.91 Å². The van der Waals surface area contributed by atoms with E-state index in [0.717, 1.165) is 28.6 Å². The van der Waals surface area contributed by atoms with Crippen molar-refractivity contribution in [1.82, 2.24) is 4.57 Å². The summed E-state index contributed by atoms with van der Waals surface area (Å²) in [5, 5.41) is 1.02. The molecule has 0 saturated heterocycles. The van der Waals surface area contributed by atoms with Crippen molar-refractivity contribution in [2.75, 3.05) is 11.4 Å². The number of para-hydroxylation sites is 1. The third-order valence-electron chi connectivity index (χ3n) is 4.15. The summed E-state index contributed by atoms with van der Waals surface area (Å²) in [5.74, 6) is -2.03. The van der Waals surface area contributed by atoms with E-state index >= 15 is 0 Å². The van der Waals surface area contributed by atoms with E-state index in [2.05, 4.69) is 0 Å². The summed E-state index contributed by atoms with van der Waals surface area (Å²) in [4.78, 5) is 14.2. The summed E-state index contributed by atoms with van der Waals surface area (Å²) in [7, 11) is 1.93. The van der Waals surface area contributed by atoms with Gasteiger partial charge < -0.3 is 9.47 Å². The average molecular weight is 328 g/mol. The Morgan fingerprint density at radius 1 is 1.12 bits per heavy atom. The standard InChI is InChI=1S/C19H18F2N2O/c1-3-23(14-8-9-16(20)17(21)11-14)19(24)10-13-12-22(2)18-7-5-4-6-15(13)18/h4-9,11-12H,3,10H2,1-2H3. The van der Waals surface area contributed by atoms with Crippen LogP contribution in [0.4, 0.5) is 14.5 Å². The number of amides is 1. The lowest BCUT2D eigenvalue weighted by Gasteiger charge is -2.21. The Kier molecular flexibility index (Phi) is 4.34. The molecule has 1 heterocycles. The Morgan fingerprint density at radius 2 is 1.88 bits per heavy atom. The van der Waals surface area contributed by atoms with E-state index in [9.17, 15) is 13.6 Å². The number of fused-ring (bicyclic) bond motifs is 1. The van der Waals surface area contributed by atoms with E-state index in [-0.39, 0.29) is 12.3 Å². The maximum Gasteiger partial charge on any atom is 0.231 e. The SMILES string of the molecule is CCN(C(=O)Cc1cn(C)c2ccccc12)c1ccc(F)c(F)c1. The number of likely N-dealkylation sites (N-methyl/N-ethyl adjacent to an activating group) is 1. The predicted molar refractivity (Wildman–Crippen MR) is 91.0 cm³/mol. The molecule has 124 valence electrons. The van der Waals surface area contributed by atoms with Gasteiger partial charge in [0.1, 0.15) is 0 Å². The van der Waals surface area contributed by atoms with Crippen LogP contribution in [0.1, 0.15) is 12.5 Å². The number of anilines is 1. The van der Waals surface area contributed by atoms with Crippen molar-refractivity contribution < 1.29 is 13.6 Å². The third-order valence-corrected chi connectivity index (χ3v) is 4.15. The molecule has 3 nitrogen and oxygen atoms in total. The van der Waals surface area contributed by atoms with Crippen LogP contribution in [0.3, 0.4) is 0 Å². The number of hydrogen-bond acceptors (Lipinski definition) is 1. The van der Waals surface area contributed by atoms with Gasteiger partial charge >= 0.3 is 0 Å². The summed E-state index contributed by atoms with van der Waals surface area (Å²) in [5.41, 5.74) is 2.33. The molecule has 1 aromatic heterocycles. The fraction of sp³-hybridized carbons (Fsp3) is 0.211. The maximum atomic E-state index is 13.5. The summed E-state index contributed by atoms with van der Waals surface area (Å²) in [6.07, 6.45) is 2.13. The van der Waals surface area contributed by atoms with E-state index in [4.69, 9.17) is 0 Å². The van der Waals surface area contributed by atoms with Crippen LogP contribution in [0, 0.1) is 11.6 Å². The fourth-order valence-corrected chi connectivity index (χ4v) is 2.98. The van der Waals surface area contributed by atoms with Crippen molar-refractivity contribution in [3.8, 4) is 0 Å². The molecule has 3 rings (SSSR count). The molecule has 2 aromatic carbocycles. The molecule has 0 N–H and O–H groups in total. The number of benzene rings is 2. The predicted octanol–water partition coefficient (Wildman–Crippen LogP) is 4.05. The zero-order valence-corrected chi connectivity index (χ0v) is 13.6. The first-order valence-corrected chi connectivity index (χ1v) is 7.79. The Balaban J connectivity index is 1.90. The lowest BCUT2D eigenvalue weighted by molar-refractivity contribution is -0.117. The van der Waals surface area contributed by atoms with Gasteiger partial charge in [-0.1, -0.05) is 18.2 Å². The molecule has 3 aromatic rings. The van der Waals surface area contributed by atoms with Crippen LogP contribution in [0.5, 0.6) is 0 Å². The van der Waals surface area contributed by atoms with Crippen LogP contribution in [-0.4, -0.2) is 17.0 Å². The van der Waals surface area contributed by atoms with Crippen molar-refractivity contribution in [3.63, 3.8) is 0 Å². The van der Waals surface area contributed by atoms with E-state index in [0.29, 0.717) is 12.2 Å². The van der Waals surface area contributed by atoms with Gasteiger partial charge in [-0.3, -0.25) is 4.79 Å². The molecule has 0 bridgehead atoms. The summed E-state index contributed by atoms with van der Waals surface area (Å²) < 4.78 is 28.5. The van der Waals surface area contributed by atoms with Crippen molar-refractivity contribution in [3.05, 3.63) is 65.9 Å². The number of halogens is 2. The number of aryl methyl sites for hydroxylation is 1. The first kappa shape index (κ1) is 16.2. The van der Waals surface area contributed by atoms with Crippen molar-refractivity contribution in [2.45, 2.75) is 13.3 Å². The van der Waals surface area contributed by atoms with Gasteiger partial charge in [-0.15, -0.1) is 0 Å². The highest BCUT2D eigenvalue weighted by Gasteiger charge is 2.18. The van der Waals surface area contributed by atoms with Gasteiger partial charge in [-0.25, -0.2) is 8.78 Å². The molecule has 0 saturated carbocycles. The van der Waals surface area contributed by atoms with Gasteiger partial charge in [0, 0.05) is 42.4 Å². The van der Waals surface area contributed by atoms with Gasteiger partial charge in [0.15, 0.2) is 11.6 Å². The summed E-state index contributed by atoms with van der Waals surface area (Å²) in [6.45, 7) is 2.19. The van der Waals surface area contributed by atoms with Crippen LogP contribution < -0.4 is 4.90 Å². The molecule has 0 atom stereocenters. The van der Waals surface area contributed by atoms with Crippen LogP contribution in [0.25, 0.3) is 10.9 Å². The molecule has 0 aliphatic rings. The van der Waals surface area contributed by atoms with E-state index in [1.54, 1.807) is 0 Å². The van der Waals surface area contributed by atoms with Crippen LogP contribution in [0.15, 0.2) is 48.7 Å². The molecular weight excluding hydrogens is 310 g/mol. The minimum absolute atomic E-state index is 0.153. The largest absolute Gasteiger partial charge is 0.350 e. The first-order chi connectivity index (χ1) is 11.5. The van der Waals surface area contributed by atoms with E-state index in [1.807, 2.05) is 49.0 Å². The van der Waals surface area contributed by atoms with Crippen LogP contribution >= 0.6 is 0 Å². The fourth-order valence-electron chi connectivity index (χ4n) is 2.98. The van der Waals surface area contributed by atoms with E-state index < -0.39 is 11.6 Å². The molecule has 0 fully saturated rings. The van der Waals surface area contributed by atoms with Gasteiger partial charge in [-0.05, 0) is 30.7 Å². The Bertz CT molecular complexity index is 902. The number of carbonyl (C=O) groups is 1. The lowest BCUT2D eigenvalue weighted by Crippen LogP contribution is -2.32. The van der Waals surface area contributed by atoms with Crippen molar-refractivity contribution in [1.29, 1.82) is 0 Å². The lowest BCUT2D eigenvalue weighted by atomic mass is 10.1. The highest BCUT2D eigenvalue weighted by molar-refractivity contribution is 5.97. The summed E-state index contributed by atoms with van der Waals surface area (Å²) in [6, 6.07) is 11.4. The highest BCUT2D eigenvalue weighted by atomic mass is 19.2. The molecule has 0 aliphatic carbocycles. The van der Waals surface area contributed by atoms with E-state index in [1.165, 1.54) is 11.0 Å².